The molecule has 0 saturated heterocycles. The average Bonchev–Trinajstić information content (AvgIpc) is 3.07. The predicted molar refractivity (Wildman–Crippen MR) is 88.4 cm³/mol. The minimum Gasteiger partial charge on any atom is -0.332 e. The molecule has 0 atom stereocenters. The Morgan fingerprint density at radius 3 is 2.79 bits per heavy atom. The molecule has 3 aromatic heterocycles. The van der Waals surface area contributed by atoms with Gasteiger partial charge in [0.05, 0.1) is 16.4 Å². The Morgan fingerprint density at radius 1 is 1.21 bits per heavy atom. The molecule has 4 rings (SSSR count). The molecule has 0 radical (unpaired) electrons. The third kappa shape index (κ3) is 2.65. The van der Waals surface area contributed by atoms with Crippen LogP contribution in [-0.4, -0.2) is 42.3 Å². The number of amides is 1. The van der Waals surface area contributed by atoms with E-state index in [1.165, 1.54) is 17.7 Å². The van der Waals surface area contributed by atoms with Gasteiger partial charge in [0.2, 0.25) is 0 Å². The van der Waals surface area contributed by atoms with Gasteiger partial charge in [-0.1, -0.05) is 0 Å². The topological polar surface area (TPSA) is 84.8 Å². The van der Waals surface area contributed by atoms with Crippen LogP contribution in [0.3, 0.4) is 0 Å². The van der Waals surface area contributed by atoms with Crippen molar-refractivity contribution < 1.29 is 4.79 Å². The van der Waals surface area contributed by atoms with Crippen molar-refractivity contribution in [3.63, 3.8) is 0 Å². The first-order valence-electron chi connectivity index (χ1n) is 7.52. The molecule has 3 aromatic rings. The second-order valence-electron chi connectivity index (χ2n) is 5.50. The lowest BCUT2D eigenvalue weighted by atomic mass is 10.0. The first kappa shape index (κ1) is 14.8. The highest BCUT2D eigenvalue weighted by Crippen LogP contribution is 2.27. The van der Waals surface area contributed by atoms with Gasteiger partial charge in [-0.3, -0.25) is 4.79 Å². The number of carbonyl (C=O) groups is 1. The van der Waals surface area contributed by atoms with E-state index in [9.17, 15) is 4.79 Å². The molecule has 0 unspecified atom stereocenters. The highest BCUT2D eigenvalue weighted by Gasteiger charge is 2.26. The Kier molecular flexibility index (Phi) is 3.73. The van der Waals surface area contributed by atoms with Crippen molar-refractivity contribution in [2.24, 2.45) is 0 Å². The molecule has 1 amide bonds. The summed E-state index contributed by atoms with van der Waals surface area (Å²) >= 11 is 1.48. The van der Waals surface area contributed by atoms with E-state index in [0.717, 1.165) is 27.5 Å². The number of fused-ring (bicyclic) bond motifs is 1. The molecule has 0 bridgehead atoms. The minimum atomic E-state index is -0.0517. The summed E-state index contributed by atoms with van der Waals surface area (Å²) in [6.45, 7) is 2.99. The van der Waals surface area contributed by atoms with Gasteiger partial charge >= 0.3 is 0 Å². The summed E-state index contributed by atoms with van der Waals surface area (Å²) < 4.78 is 0. The number of aromatic nitrogens is 5. The number of thiazole rings is 1. The molecule has 0 saturated carbocycles. The smallest absolute Gasteiger partial charge is 0.273 e. The summed E-state index contributed by atoms with van der Waals surface area (Å²) in [6.07, 6.45) is 7.19. The molecular formula is C16H14N6OS. The Balaban J connectivity index is 1.68. The lowest BCUT2D eigenvalue weighted by Crippen LogP contribution is -2.37. The van der Waals surface area contributed by atoms with E-state index in [1.54, 1.807) is 29.0 Å². The molecule has 0 N–H and O–H groups in total. The molecule has 7 nitrogen and oxygen atoms in total. The van der Waals surface area contributed by atoms with Crippen LogP contribution in [0.25, 0.3) is 11.3 Å². The summed E-state index contributed by atoms with van der Waals surface area (Å²) in [7, 11) is 0. The van der Waals surface area contributed by atoms with Crippen LogP contribution >= 0.6 is 11.3 Å². The monoisotopic (exact) mass is 338 g/mol. The summed E-state index contributed by atoms with van der Waals surface area (Å²) in [5.41, 5.74) is 4.05. The fraction of sp³-hybridized carbons (Fsp3) is 0.250. The molecule has 1 aliphatic rings. The van der Waals surface area contributed by atoms with Crippen molar-refractivity contribution in [2.45, 2.75) is 19.9 Å². The average molecular weight is 338 g/mol. The van der Waals surface area contributed by atoms with E-state index in [0.29, 0.717) is 25.2 Å². The maximum atomic E-state index is 12.7. The summed E-state index contributed by atoms with van der Waals surface area (Å²) in [5, 5.41) is 2.70. The van der Waals surface area contributed by atoms with Gasteiger partial charge in [0.25, 0.3) is 5.91 Å². The van der Waals surface area contributed by atoms with E-state index in [-0.39, 0.29) is 5.91 Å². The van der Waals surface area contributed by atoms with Crippen molar-refractivity contribution in [3.05, 3.63) is 52.4 Å². The zero-order valence-corrected chi connectivity index (χ0v) is 13.8. The van der Waals surface area contributed by atoms with E-state index in [2.05, 4.69) is 24.9 Å². The normalized spacial score (nSPS) is 13.6. The molecule has 8 heteroatoms. The van der Waals surface area contributed by atoms with Crippen LogP contribution < -0.4 is 0 Å². The number of aryl methyl sites for hydroxylation is 1. The summed E-state index contributed by atoms with van der Waals surface area (Å²) in [4.78, 5) is 35.6. The van der Waals surface area contributed by atoms with Gasteiger partial charge in [0, 0.05) is 48.4 Å². The van der Waals surface area contributed by atoms with Crippen molar-refractivity contribution in [2.75, 3.05) is 6.54 Å². The predicted octanol–water partition coefficient (Wildman–Crippen LogP) is 1.90. The molecule has 0 aromatic carbocycles. The fourth-order valence-electron chi connectivity index (χ4n) is 2.81. The Labute approximate surface area is 142 Å². The molecule has 0 spiro atoms. The van der Waals surface area contributed by atoms with Crippen molar-refractivity contribution >= 4 is 17.2 Å². The second kappa shape index (κ2) is 6.04. The van der Waals surface area contributed by atoms with Gasteiger partial charge < -0.3 is 4.90 Å². The molecular weight excluding hydrogens is 324 g/mol. The first-order chi connectivity index (χ1) is 11.7. The largest absolute Gasteiger partial charge is 0.332 e. The standard InChI is InChI=1S/C16H14N6OS/c1-10-21-14(7-24-10)16(23)22-3-2-13-12(6-22)15(20-9-19-13)11-4-17-8-18-5-11/h4-5,7-9H,2-3,6H2,1H3. The van der Waals surface area contributed by atoms with Gasteiger partial charge in [-0.15, -0.1) is 11.3 Å². The third-order valence-electron chi connectivity index (χ3n) is 3.96. The van der Waals surface area contributed by atoms with Crippen LogP contribution in [0.15, 0.2) is 30.4 Å². The Hall–Kier alpha value is -2.74. The van der Waals surface area contributed by atoms with Gasteiger partial charge in [0.15, 0.2) is 0 Å². The Bertz CT molecular complexity index is 895. The third-order valence-corrected chi connectivity index (χ3v) is 4.73. The van der Waals surface area contributed by atoms with Crippen LogP contribution in [0.1, 0.15) is 26.8 Å². The zero-order valence-electron chi connectivity index (χ0n) is 13.0. The lowest BCUT2D eigenvalue weighted by Gasteiger charge is -2.28. The molecule has 24 heavy (non-hydrogen) atoms. The number of carbonyl (C=O) groups excluding carboxylic acids is 1. The van der Waals surface area contributed by atoms with Crippen molar-refractivity contribution in [1.29, 1.82) is 0 Å². The quantitative estimate of drug-likeness (QED) is 0.709. The lowest BCUT2D eigenvalue weighted by molar-refractivity contribution is 0.0728. The van der Waals surface area contributed by atoms with Crippen LogP contribution in [-0.2, 0) is 13.0 Å². The van der Waals surface area contributed by atoms with Gasteiger partial charge in [-0.25, -0.2) is 24.9 Å². The number of rotatable bonds is 2. The fourth-order valence-corrected chi connectivity index (χ4v) is 3.40. The summed E-state index contributed by atoms with van der Waals surface area (Å²) in [6, 6.07) is 0. The maximum Gasteiger partial charge on any atom is 0.273 e. The van der Waals surface area contributed by atoms with Gasteiger partial charge in [-0.05, 0) is 6.92 Å². The van der Waals surface area contributed by atoms with Crippen molar-refractivity contribution in [3.8, 4) is 11.3 Å². The van der Waals surface area contributed by atoms with Crippen LogP contribution in [0.4, 0.5) is 0 Å². The van der Waals surface area contributed by atoms with E-state index < -0.39 is 0 Å². The first-order valence-corrected chi connectivity index (χ1v) is 8.40. The molecule has 120 valence electrons. The summed E-state index contributed by atoms with van der Waals surface area (Å²) in [5.74, 6) is -0.0517. The number of nitrogens with zero attached hydrogens (tertiary/aromatic N) is 6. The van der Waals surface area contributed by atoms with Crippen LogP contribution in [0.2, 0.25) is 0 Å². The highest BCUT2D eigenvalue weighted by atomic mass is 32.1. The SMILES string of the molecule is Cc1nc(C(=O)N2CCc3ncnc(-c4cncnc4)c3C2)cs1. The van der Waals surface area contributed by atoms with E-state index >= 15 is 0 Å². The maximum absolute atomic E-state index is 12.7. The van der Waals surface area contributed by atoms with E-state index in [1.807, 2.05) is 6.92 Å². The molecule has 1 aliphatic heterocycles. The van der Waals surface area contributed by atoms with Crippen LogP contribution in [0, 0.1) is 6.92 Å². The minimum absolute atomic E-state index is 0.0517. The molecule has 4 heterocycles. The number of hydrogen-bond acceptors (Lipinski definition) is 7. The zero-order chi connectivity index (χ0) is 16.5. The van der Waals surface area contributed by atoms with Gasteiger partial charge in [0.1, 0.15) is 18.3 Å². The molecule has 0 fully saturated rings. The van der Waals surface area contributed by atoms with Crippen LogP contribution in [0.5, 0.6) is 0 Å². The van der Waals surface area contributed by atoms with Gasteiger partial charge in [-0.2, -0.15) is 0 Å². The Morgan fingerprint density at radius 2 is 2.04 bits per heavy atom. The van der Waals surface area contributed by atoms with Crippen molar-refractivity contribution in [1.82, 2.24) is 29.8 Å². The van der Waals surface area contributed by atoms with E-state index in [4.69, 9.17) is 0 Å². The second-order valence-corrected chi connectivity index (χ2v) is 6.57. The number of hydrogen-bond donors (Lipinski definition) is 0. The molecule has 0 aliphatic carbocycles. The highest BCUT2D eigenvalue weighted by molar-refractivity contribution is 7.09.